The van der Waals surface area contributed by atoms with Crippen molar-refractivity contribution in [2.75, 3.05) is 0 Å². The van der Waals surface area contributed by atoms with Crippen LogP contribution in [0.5, 0.6) is 0 Å². The molecule has 1 aliphatic carbocycles. The van der Waals surface area contributed by atoms with Gasteiger partial charge in [0.1, 0.15) is 11.4 Å². The Morgan fingerprint density at radius 1 is 1.10 bits per heavy atom. The number of benzene rings is 1. The number of carbonyl (C=O) groups is 1. The van der Waals surface area contributed by atoms with Gasteiger partial charge in [0.15, 0.2) is 0 Å². The number of furan rings is 1. The fraction of sp³-hybridized carbons (Fsp3) is 0.318. The molecule has 5 rings (SSSR count). The third kappa shape index (κ3) is 3.45. The van der Waals surface area contributed by atoms with Crippen molar-refractivity contribution < 1.29 is 9.21 Å². The Morgan fingerprint density at radius 3 is 2.63 bits per heavy atom. The molecule has 1 amide bonds. The van der Waals surface area contributed by atoms with Crippen molar-refractivity contribution in [2.45, 2.75) is 44.7 Å². The Morgan fingerprint density at radius 2 is 1.90 bits per heavy atom. The normalized spacial score (nSPS) is 19.1. The quantitative estimate of drug-likeness (QED) is 0.559. The number of carbonyl (C=O) groups excluding carboxylic acids is 1. The molecule has 152 valence electrons. The maximum atomic E-state index is 12.7. The molecule has 30 heavy (non-hydrogen) atoms. The van der Waals surface area contributed by atoms with Crippen LogP contribution in [0.2, 0.25) is 0 Å². The van der Waals surface area contributed by atoms with E-state index in [1.807, 2.05) is 48.0 Å². The van der Waals surface area contributed by atoms with Gasteiger partial charge in [-0.25, -0.2) is 4.68 Å². The smallest absolute Gasteiger partial charge is 0.251 e. The first-order chi connectivity index (χ1) is 14.7. The molecule has 0 unspecified atom stereocenters. The maximum Gasteiger partial charge on any atom is 0.251 e. The highest BCUT2D eigenvalue weighted by molar-refractivity contribution is 5.96. The van der Waals surface area contributed by atoms with E-state index in [-0.39, 0.29) is 11.9 Å². The molecule has 1 saturated carbocycles. The molecule has 3 aromatic heterocycles. The van der Waals surface area contributed by atoms with E-state index in [2.05, 4.69) is 25.8 Å². The lowest BCUT2D eigenvalue weighted by Gasteiger charge is -2.29. The molecule has 1 N–H and O–H groups in total. The van der Waals surface area contributed by atoms with Gasteiger partial charge in [-0.3, -0.25) is 9.78 Å². The second kappa shape index (κ2) is 7.70. The van der Waals surface area contributed by atoms with Crippen molar-refractivity contribution in [1.82, 2.24) is 30.5 Å². The number of amides is 1. The lowest BCUT2D eigenvalue weighted by molar-refractivity contribution is 0.0921. The van der Waals surface area contributed by atoms with E-state index in [1.165, 1.54) is 0 Å². The molecule has 0 radical (unpaired) electrons. The van der Waals surface area contributed by atoms with Crippen LogP contribution < -0.4 is 5.32 Å². The van der Waals surface area contributed by atoms with Gasteiger partial charge in [0.05, 0.1) is 18.0 Å². The van der Waals surface area contributed by atoms with Gasteiger partial charge in [-0.05, 0) is 67.3 Å². The van der Waals surface area contributed by atoms with Crippen molar-refractivity contribution in [3.8, 4) is 11.3 Å². The number of rotatable bonds is 4. The van der Waals surface area contributed by atoms with Gasteiger partial charge in [0.2, 0.25) is 0 Å². The predicted molar refractivity (Wildman–Crippen MR) is 111 cm³/mol. The molecule has 1 aliphatic rings. The summed E-state index contributed by atoms with van der Waals surface area (Å²) in [6.45, 7) is 1.92. The fourth-order valence-electron chi connectivity index (χ4n) is 4.21. The molecular weight excluding hydrogens is 380 g/mol. The Hall–Kier alpha value is -3.55. The van der Waals surface area contributed by atoms with E-state index in [0.717, 1.165) is 53.7 Å². The second-order valence-electron chi connectivity index (χ2n) is 7.72. The van der Waals surface area contributed by atoms with Crippen molar-refractivity contribution in [1.29, 1.82) is 0 Å². The van der Waals surface area contributed by atoms with Crippen LogP contribution in [0.25, 0.3) is 22.2 Å². The van der Waals surface area contributed by atoms with Gasteiger partial charge in [0, 0.05) is 28.8 Å². The average molecular weight is 402 g/mol. The molecule has 0 aliphatic heterocycles. The molecular formula is C22H22N6O2. The summed E-state index contributed by atoms with van der Waals surface area (Å²) in [6, 6.07) is 11.8. The van der Waals surface area contributed by atoms with Gasteiger partial charge in [-0.15, -0.1) is 5.10 Å². The summed E-state index contributed by atoms with van der Waals surface area (Å²) in [4.78, 5) is 17.2. The van der Waals surface area contributed by atoms with Crippen LogP contribution in [0.3, 0.4) is 0 Å². The van der Waals surface area contributed by atoms with Crippen LogP contribution in [0.15, 0.2) is 53.3 Å². The number of hydrogen-bond acceptors (Lipinski definition) is 6. The number of nitrogens with zero attached hydrogens (tertiary/aromatic N) is 5. The number of aromatic nitrogens is 5. The molecule has 4 aromatic rings. The standard InChI is InChI=1S/C22H22N6O2/c1-14-25-26-27-28(14)18-8-6-17(7-9-18)24-22(29)16-4-2-15(3-5-16)21-19-11-13-30-20(19)10-12-23-21/h2-5,10-13,17-18H,6-9H2,1H3,(H,24,29). The van der Waals surface area contributed by atoms with Crippen LogP contribution in [0, 0.1) is 6.92 Å². The van der Waals surface area contributed by atoms with E-state index in [9.17, 15) is 4.79 Å². The van der Waals surface area contributed by atoms with Crippen molar-refractivity contribution in [3.05, 3.63) is 60.2 Å². The topological polar surface area (TPSA) is 98.7 Å². The van der Waals surface area contributed by atoms with Crippen LogP contribution in [-0.2, 0) is 0 Å². The molecule has 0 atom stereocenters. The monoisotopic (exact) mass is 402 g/mol. The summed E-state index contributed by atoms with van der Waals surface area (Å²) in [7, 11) is 0. The first-order valence-corrected chi connectivity index (χ1v) is 10.2. The summed E-state index contributed by atoms with van der Waals surface area (Å²) in [5.41, 5.74) is 3.26. The first kappa shape index (κ1) is 18.5. The van der Waals surface area contributed by atoms with E-state index in [4.69, 9.17) is 4.42 Å². The molecule has 8 heteroatoms. The number of tetrazole rings is 1. The molecule has 3 heterocycles. The Labute approximate surface area is 173 Å². The van der Waals surface area contributed by atoms with E-state index >= 15 is 0 Å². The molecule has 0 bridgehead atoms. The zero-order valence-electron chi connectivity index (χ0n) is 16.7. The van der Waals surface area contributed by atoms with Crippen LogP contribution in [0.4, 0.5) is 0 Å². The molecule has 0 spiro atoms. The minimum absolute atomic E-state index is 0.0434. The highest BCUT2D eigenvalue weighted by atomic mass is 16.3. The zero-order chi connectivity index (χ0) is 20.5. The van der Waals surface area contributed by atoms with Crippen molar-refractivity contribution >= 4 is 16.9 Å². The lowest BCUT2D eigenvalue weighted by atomic mass is 9.91. The van der Waals surface area contributed by atoms with Crippen LogP contribution in [-0.4, -0.2) is 37.1 Å². The number of aryl methyl sites for hydroxylation is 1. The largest absolute Gasteiger partial charge is 0.464 e. The van der Waals surface area contributed by atoms with E-state index in [0.29, 0.717) is 11.6 Å². The minimum atomic E-state index is -0.0434. The second-order valence-corrected chi connectivity index (χ2v) is 7.72. The van der Waals surface area contributed by atoms with Crippen LogP contribution in [0.1, 0.15) is 47.9 Å². The SMILES string of the molecule is Cc1nnnn1C1CCC(NC(=O)c2ccc(-c3nccc4occc34)cc2)CC1. The zero-order valence-corrected chi connectivity index (χ0v) is 16.7. The third-order valence-electron chi connectivity index (χ3n) is 5.84. The Bertz CT molecular complexity index is 1170. The lowest BCUT2D eigenvalue weighted by Crippen LogP contribution is -2.38. The van der Waals surface area contributed by atoms with Gasteiger partial charge < -0.3 is 9.73 Å². The highest BCUT2D eigenvalue weighted by Crippen LogP contribution is 2.29. The Balaban J connectivity index is 1.23. The summed E-state index contributed by atoms with van der Waals surface area (Å²) in [6.07, 6.45) is 7.13. The molecule has 0 saturated heterocycles. The highest BCUT2D eigenvalue weighted by Gasteiger charge is 2.25. The van der Waals surface area contributed by atoms with E-state index in [1.54, 1.807) is 12.5 Å². The average Bonchev–Trinajstić information content (AvgIpc) is 3.43. The summed E-state index contributed by atoms with van der Waals surface area (Å²) in [5, 5.41) is 15.9. The summed E-state index contributed by atoms with van der Waals surface area (Å²) < 4.78 is 7.34. The number of nitrogens with one attached hydrogen (secondary N) is 1. The van der Waals surface area contributed by atoms with Crippen molar-refractivity contribution in [2.24, 2.45) is 0 Å². The van der Waals surface area contributed by atoms with Gasteiger partial charge in [0.25, 0.3) is 5.91 Å². The van der Waals surface area contributed by atoms with Gasteiger partial charge in [-0.2, -0.15) is 0 Å². The number of hydrogen-bond donors (Lipinski definition) is 1. The number of fused-ring (bicyclic) bond motifs is 1. The molecule has 8 nitrogen and oxygen atoms in total. The van der Waals surface area contributed by atoms with Gasteiger partial charge in [-0.1, -0.05) is 12.1 Å². The van der Waals surface area contributed by atoms with E-state index < -0.39 is 0 Å². The maximum absolute atomic E-state index is 12.7. The summed E-state index contributed by atoms with van der Waals surface area (Å²) >= 11 is 0. The summed E-state index contributed by atoms with van der Waals surface area (Å²) in [5.74, 6) is 0.793. The van der Waals surface area contributed by atoms with Crippen LogP contribution >= 0.6 is 0 Å². The Kier molecular flexibility index (Phi) is 4.74. The van der Waals surface area contributed by atoms with Gasteiger partial charge >= 0.3 is 0 Å². The molecule has 1 aromatic carbocycles. The molecule has 1 fully saturated rings. The fourth-order valence-corrected chi connectivity index (χ4v) is 4.21. The van der Waals surface area contributed by atoms with Crippen molar-refractivity contribution in [3.63, 3.8) is 0 Å². The third-order valence-corrected chi connectivity index (χ3v) is 5.84. The predicted octanol–water partition coefficient (Wildman–Crippen LogP) is 3.70. The minimum Gasteiger partial charge on any atom is -0.464 e. The first-order valence-electron chi connectivity index (χ1n) is 10.2. The number of pyridine rings is 1.